The number of hydrogen-bond donors (Lipinski definition) is 0. The average molecular weight is 255 g/mol. The molecule has 1 aromatic carbocycles. The molecule has 0 aliphatic carbocycles. The van der Waals surface area contributed by atoms with Crippen LogP contribution in [-0.2, 0) is 0 Å². The highest BCUT2D eigenvalue weighted by atomic mass is 16.3. The van der Waals surface area contributed by atoms with E-state index >= 15 is 0 Å². The molecule has 0 unspecified atom stereocenters. The van der Waals surface area contributed by atoms with E-state index in [2.05, 4.69) is 0 Å². The Balaban J connectivity index is 2.20. The average Bonchev–Trinajstić information content (AvgIpc) is 2.36. The molecule has 1 aromatic heterocycles. The van der Waals surface area contributed by atoms with Crippen LogP contribution in [-0.4, -0.2) is 14.1 Å². The van der Waals surface area contributed by atoms with Crippen molar-refractivity contribution in [3.63, 3.8) is 0 Å². The predicted molar refractivity (Wildman–Crippen MR) is 79.4 cm³/mol. The second kappa shape index (κ2) is 5.57. The molecule has 0 fully saturated rings. The van der Waals surface area contributed by atoms with Crippen molar-refractivity contribution >= 4 is 17.8 Å². The van der Waals surface area contributed by atoms with Gasteiger partial charge in [0.15, 0.2) is 5.43 Å². The van der Waals surface area contributed by atoms with Crippen LogP contribution < -0.4 is 10.3 Å². The molecule has 0 amide bonds. The maximum Gasteiger partial charge on any atom is 0.185 e. The highest BCUT2D eigenvalue weighted by Gasteiger charge is 1.96. The van der Waals surface area contributed by atoms with Crippen LogP contribution in [0.15, 0.2) is 45.6 Å². The monoisotopic (exact) mass is 255 g/mol. The van der Waals surface area contributed by atoms with E-state index < -0.39 is 0 Å². The Labute approximate surface area is 112 Å². The molecular weight excluding hydrogens is 238 g/mol. The highest BCUT2D eigenvalue weighted by molar-refractivity contribution is 5.68. The molecule has 0 saturated carbocycles. The van der Waals surface area contributed by atoms with Crippen molar-refractivity contribution in [3.05, 3.63) is 63.7 Å². The van der Waals surface area contributed by atoms with Crippen molar-refractivity contribution in [1.82, 2.24) is 0 Å². The van der Waals surface area contributed by atoms with E-state index in [0.29, 0.717) is 11.5 Å². The summed E-state index contributed by atoms with van der Waals surface area (Å²) in [5.41, 5.74) is 2.18. The summed E-state index contributed by atoms with van der Waals surface area (Å²) in [6, 6.07) is 11.1. The third-order valence-corrected chi connectivity index (χ3v) is 2.76. The Hall–Kier alpha value is -2.29. The van der Waals surface area contributed by atoms with Crippen molar-refractivity contribution in [3.8, 4) is 0 Å². The van der Waals surface area contributed by atoms with Crippen molar-refractivity contribution in [2.75, 3.05) is 19.0 Å². The Morgan fingerprint density at radius 1 is 1.05 bits per heavy atom. The van der Waals surface area contributed by atoms with Crippen LogP contribution in [0, 0.1) is 6.92 Å². The van der Waals surface area contributed by atoms with Crippen LogP contribution in [0.25, 0.3) is 12.2 Å². The van der Waals surface area contributed by atoms with Gasteiger partial charge in [-0.25, -0.2) is 0 Å². The zero-order valence-corrected chi connectivity index (χ0v) is 11.4. The van der Waals surface area contributed by atoms with Crippen molar-refractivity contribution < 1.29 is 4.42 Å². The first kappa shape index (κ1) is 13.1. The van der Waals surface area contributed by atoms with E-state index in [1.807, 2.05) is 49.3 Å². The Kier molecular flexibility index (Phi) is 3.85. The summed E-state index contributed by atoms with van der Waals surface area (Å²) in [4.78, 5) is 13.4. The topological polar surface area (TPSA) is 33.5 Å². The summed E-state index contributed by atoms with van der Waals surface area (Å²) in [6.45, 7) is 1.77. The molecule has 0 bridgehead atoms. The molecule has 3 heteroatoms. The molecule has 19 heavy (non-hydrogen) atoms. The van der Waals surface area contributed by atoms with E-state index in [9.17, 15) is 4.79 Å². The summed E-state index contributed by atoms with van der Waals surface area (Å²) in [5.74, 6) is 1.19. The number of rotatable bonds is 3. The Morgan fingerprint density at radius 2 is 1.74 bits per heavy atom. The largest absolute Gasteiger partial charge is 0.462 e. The van der Waals surface area contributed by atoms with Gasteiger partial charge in [-0.2, -0.15) is 0 Å². The molecule has 0 aliphatic heterocycles. The minimum atomic E-state index is -0.0358. The zero-order chi connectivity index (χ0) is 13.8. The first-order chi connectivity index (χ1) is 9.04. The second-order valence-corrected chi connectivity index (χ2v) is 4.63. The van der Waals surface area contributed by atoms with Gasteiger partial charge < -0.3 is 9.32 Å². The van der Waals surface area contributed by atoms with Gasteiger partial charge in [-0.3, -0.25) is 4.79 Å². The van der Waals surface area contributed by atoms with Crippen molar-refractivity contribution in [2.45, 2.75) is 6.92 Å². The molecule has 0 aliphatic rings. The third kappa shape index (κ3) is 3.58. The fraction of sp³-hybridized carbons (Fsp3) is 0.188. The zero-order valence-electron chi connectivity index (χ0n) is 11.4. The number of aryl methyl sites for hydroxylation is 1. The van der Waals surface area contributed by atoms with Gasteiger partial charge in [0.25, 0.3) is 0 Å². The fourth-order valence-corrected chi connectivity index (χ4v) is 1.77. The summed E-state index contributed by atoms with van der Waals surface area (Å²) in [5, 5.41) is 0. The minimum Gasteiger partial charge on any atom is -0.462 e. The number of nitrogens with zero attached hydrogens (tertiary/aromatic N) is 1. The lowest BCUT2D eigenvalue weighted by Crippen LogP contribution is -2.07. The van der Waals surface area contributed by atoms with Gasteiger partial charge in [-0.1, -0.05) is 18.2 Å². The van der Waals surface area contributed by atoms with Crippen LogP contribution in [0.1, 0.15) is 17.1 Å². The molecule has 0 atom stereocenters. The maximum absolute atomic E-state index is 11.3. The van der Waals surface area contributed by atoms with Crippen LogP contribution in [0.2, 0.25) is 0 Å². The highest BCUT2D eigenvalue weighted by Crippen LogP contribution is 2.14. The summed E-state index contributed by atoms with van der Waals surface area (Å²) in [6.07, 6.45) is 3.73. The number of hydrogen-bond acceptors (Lipinski definition) is 3. The second-order valence-electron chi connectivity index (χ2n) is 4.63. The quantitative estimate of drug-likeness (QED) is 0.844. The lowest BCUT2D eigenvalue weighted by molar-refractivity contribution is 0.505. The van der Waals surface area contributed by atoms with Gasteiger partial charge in [0.05, 0.1) is 0 Å². The third-order valence-electron chi connectivity index (χ3n) is 2.76. The SMILES string of the molecule is Cc1cc(=O)cc(/C=C/c2ccc(N(C)C)cc2)o1. The normalized spacial score (nSPS) is 10.9. The first-order valence-electron chi connectivity index (χ1n) is 6.12. The van der Waals surface area contributed by atoms with Gasteiger partial charge in [-0.15, -0.1) is 0 Å². The molecule has 0 radical (unpaired) electrons. The summed E-state index contributed by atoms with van der Waals surface area (Å²) in [7, 11) is 4.01. The van der Waals surface area contributed by atoms with E-state index in [1.54, 1.807) is 13.0 Å². The number of anilines is 1. The van der Waals surface area contributed by atoms with Gasteiger partial charge in [0, 0.05) is 31.9 Å². The van der Waals surface area contributed by atoms with Crippen molar-refractivity contribution in [2.24, 2.45) is 0 Å². The smallest absolute Gasteiger partial charge is 0.185 e. The van der Waals surface area contributed by atoms with Gasteiger partial charge in [0.2, 0.25) is 0 Å². The van der Waals surface area contributed by atoms with Gasteiger partial charge in [-0.05, 0) is 30.7 Å². The van der Waals surface area contributed by atoms with Crippen LogP contribution in [0.4, 0.5) is 5.69 Å². The molecule has 0 spiro atoms. The molecule has 0 N–H and O–H groups in total. The molecule has 1 heterocycles. The molecule has 2 rings (SSSR count). The Morgan fingerprint density at radius 3 is 2.32 bits per heavy atom. The van der Waals surface area contributed by atoms with Gasteiger partial charge >= 0.3 is 0 Å². The van der Waals surface area contributed by atoms with Crippen LogP contribution >= 0.6 is 0 Å². The minimum absolute atomic E-state index is 0.0358. The Bertz CT molecular complexity index is 637. The van der Waals surface area contributed by atoms with Crippen LogP contribution in [0.5, 0.6) is 0 Å². The van der Waals surface area contributed by atoms with E-state index in [0.717, 1.165) is 11.3 Å². The van der Waals surface area contributed by atoms with E-state index in [4.69, 9.17) is 4.42 Å². The standard InChI is InChI=1S/C16H17NO2/c1-12-10-15(18)11-16(19-12)9-6-13-4-7-14(8-5-13)17(2)3/h4-11H,1-3H3/b9-6+. The lowest BCUT2D eigenvalue weighted by atomic mass is 10.2. The van der Waals surface area contributed by atoms with Crippen LogP contribution in [0.3, 0.4) is 0 Å². The predicted octanol–water partition coefficient (Wildman–Crippen LogP) is 3.18. The molecular formula is C16H17NO2. The maximum atomic E-state index is 11.3. The summed E-state index contributed by atoms with van der Waals surface area (Å²) < 4.78 is 5.45. The molecule has 3 nitrogen and oxygen atoms in total. The first-order valence-corrected chi connectivity index (χ1v) is 6.12. The molecule has 0 saturated heterocycles. The molecule has 2 aromatic rings. The van der Waals surface area contributed by atoms with E-state index in [-0.39, 0.29) is 5.43 Å². The summed E-state index contributed by atoms with van der Waals surface area (Å²) >= 11 is 0. The van der Waals surface area contributed by atoms with E-state index in [1.165, 1.54) is 12.1 Å². The lowest BCUT2D eigenvalue weighted by Gasteiger charge is -2.11. The fourth-order valence-electron chi connectivity index (χ4n) is 1.77. The number of benzene rings is 1. The van der Waals surface area contributed by atoms with Gasteiger partial charge in [0.1, 0.15) is 11.5 Å². The van der Waals surface area contributed by atoms with Crippen molar-refractivity contribution in [1.29, 1.82) is 0 Å². The molecule has 98 valence electrons.